The largest absolute Gasteiger partial charge is 0.347 e. The summed E-state index contributed by atoms with van der Waals surface area (Å²) in [4.78, 5) is 27.6. The van der Waals surface area contributed by atoms with Crippen molar-refractivity contribution in [3.05, 3.63) is 24.5 Å². The van der Waals surface area contributed by atoms with Crippen LogP contribution in [0.3, 0.4) is 0 Å². The number of aromatic nitrogens is 1. The predicted octanol–water partition coefficient (Wildman–Crippen LogP) is 1.35. The van der Waals surface area contributed by atoms with Gasteiger partial charge in [-0.3, -0.25) is 14.6 Å². The molecule has 1 heterocycles. The minimum atomic E-state index is -0.256. The van der Waals surface area contributed by atoms with Gasteiger partial charge in [-0.2, -0.15) is 0 Å². The molecule has 0 aliphatic heterocycles. The molecule has 22 heavy (non-hydrogen) atoms. The third-order valence-electron chi connectivity index (χ3n) is 3.67. The average molecular weight is 349 g/mol. The Morgan fingerprint density at radius 1 is 1.32 bits per heavy atom. The molecule has 2 rings (SSSR count). The molecule has 1 aliphatic carbocycles. The van der Waals surface area contributed by atoms with Gasteiger partial charge in [-0.1, -0.05) is 6.42 Å². The molecule has 1 saturated carbocycles. The van der Waals surface area contributed by atoms with E-state index < -0.39 is 0 Å². The van der Waals surface area contributed by atoms with E-state index in [-0.39, 0.29) is 55.0 Å². The second kappa shape index (κ2) is 10.4. The first-order valence-electron chi connectivity index (χ1n) is 6.88. The molecule has 0 unspecified atom stereocenters. The minimum Gasteiger partial charge on any atom is -0.347 e. The first-order valence-corrected chi connectivity index (χ1v) is 6.88. The van der Waals surface area contributed by atoms with E-state index in [1.165, 1.54) is 0 Å². The first-order chi connectivity index (χ1) is 9.70. The predicted molar refractivity (Wildman–Crippen MR) is 90.3 cm³/mol. The SMILES string of the molecule is Cl.Cl.NC[C@H]1CCC[C@H]1C(=O)NCC(=O)Nc1cccnc1. The van der Waals surface area contributed by atoms with Crippen LogP contribution in [0.15, 0.2) is 24.5 Å². The number of rotatable bonds is 5. The zero-order chi connectivity index (χ0) is 14.4. The number of amides is 2. The standard InChI is InChI=1S/C14H20N4O2.2ClH/c15-7-10-3-1-5-12(10)14(20)17-9-13(19)18-11-4-2-6-16-8-11;;/h2,4,6,8,10,12H,1,3,5,7,9,15H2,(H,17,20)(H,18,19);2*1H/t10-,12-;;/m1../s1. The number of nitrogens with two attached hydrogens (primary N) is 1. The molecule has 6 nitrogen and oxygen atoms in total. The van der Waals surface area contributed by atoms with E-state index in [9.17, 15) is 9.59 Å². The molecule has 0 bridgehead atoms. The number of carbonyl (C=O) groups excluding carboxylic acids is 2. The van der Waals surface area contributed by atoms with E-state index >= 15 is 0 Å². The third-order valence-corrected chi connectivity index (χ3v) is 3.67. The van der Waals surface area contributed by atoms with Crippen molar-refractivity contribution in [1.29, 1.82) is 0 Å². The molecule has 1 fully saturated rings. The van der Waals surface area contributed by atoms with Gasteiger partial charge in [0.05, 0.1) is 18.4 Å². The van der Waals surface area contributed by atoms with Gasteiger partial charge in [-0.05, 0) is 37.4 Å². The zero-order valence-corrected chi connectivity index (χ0v) is 13.8. The van der Waals surface area contributed by atoms with Crippen molar-refractivity contribution in [3.63, 3.8) is 0 Å². The van der Waals surface area contributed by atoms with E-state index in [4.69, 9.17) is 5.73 Å². The summed E-state index contributed by atoms with van der Waals surface area (Å²) >= 11 is 0. The Morgan fingerprint density at radius 2 is 2.09 bits per heavy atom. The van der Waals surface area contributed by atoms with Gasteiger partial charge >= 0.3 is 0 Å². The van der Waals surface area contributed by atoms with E-state index in [2.05, 4.69) is 15.6 Å². The lowest BCUT2D eigenvalue weighted by Crippen LogP contribution is -2.39. The quantitative estimate of drug-likeness (QED) is 0.748. The maximum Gasteiger partial charge on any atom is 0.243 e. The van der Waals surface area contributed by atoms with Crippen LogP contribution in [0.2, 0.25) is 0 Å². The normalized spacial score (nSPS) is 19.5. The van der Waals surface area contributed by atoms with Crippen LogP contribution < -0.4 is 16.4 Å². The minimum absolute atomic E-state index is 0. The number of anilines is 1. The Bertz CT molecular complexity index is 473. The van der Waals surface area contributed by atoms with Crippen molar-refractivity contribution < 1.29 is 9.59 Å². The number of carbonyl (C=O) groups is 2. The Morgan fingerprint density at radius 3 is 2.73 bits per heavy atom. The first kappa shape index (κ1) is 20.6. The maximum atomic E-state index is 12.0. The van der Waals surface area contributed by atoms with Crippen molar-refractivity contribution in [2.75, 3.05) is 18.4 Å². The summed E-state index contributed by atoms with van der Waals surface area (Å²) in [6.07, 6.45) is 6.07. The molecule has 1 aliphatic rings. The Labute approximate surface area is 142 Å². The van der Waals surface area contributed by atoms with Gasteiger partial charge in [0.1, 0.15) is 0 Å². The van der Waals surface area contributed by atoms with E-state index in [0.717, 1.165) is 19.3 Å². The van der Waals surface area contributed by atoms with Gasteiger partial charge in [0.15, 0.2) is 0 Å². The average Bonchev–Trinajstić information content (AvgIpc) is 2.94. The summed E-state index contributed by atoms with van der Waals surface area (Å²) in [5.74, 6) is -0.129. The van der Waals surface area contributed by atoms with Crippen LogP contribution in [0.1, 0.15) is 19.3 Å². The summed E-state index contributed by atoms with van der Waals surface area (Å²) < 4.78 is 0. The number of nitrogens with one attached hydrogen (secondary N) is 2. The highest BCUT2D eigenvalue weighted by Crippen LogP contribution is 2.30. The van der Waals surface area contributed by atoms with Gasteiger partial charge in [0, 0.05) is 12.1 Å². The summed E-state index contributed by atoms with van der Waals surface area (Å²) in [5.41, 5.74) is 6.27. The van der Waals surface area contributed by atoms with Crippen molar-refractivity contribution in [1.82, 2.24) is 10.3 Å². The lowest BCUT2D eigenvalue weighted by molar-refractivity contribution is -0.128. The molecule has 1 aromatic rings. The summed E-state index contributed by atoms with van der Waals surface area (Å²) in [6, 6.07) is 3.48. The molecule has 124 valence electrons. The topological polar surface area (TPSA) is 97.1 Å². The lowest BCUT2D eigenvalue weighted by atomic mass is 9.95. The number of hydrogen-bond donors (Lipinski definition) is 3. The van der Waals surface area contributed by atoms with Crippen molar-refractivity contribution in [2.24, 2.45) is 17.6 Å². The molecule has 2 amide bonds. The molecule has 0 aromatic carbocycles. The van der Waals surface area contributed by atoms with Crippen molar-refractivity contribution in [3.8, 4) is 0 Å². The smallest absolute Gasteiger partial charge is 0.243 e. The van der Waals surface area contributed by atoms with Gasteiger partial charge in [0.25, 0.3) is 0 Å². The van der Waals surface area contributed by atoms with Crippen LogP contribution in [0, 0.1) is 11.8 Å². The molecule has 2 atom stereocenters. The molecule has 1 aromatic heterocycles. The molecule has 0 spiro atoms. The van der Waals surface area contributed by atoms with Gasteiger partial charge < -0.3 is 16.4 Å². The molecular formula is C14H22Cl2N4O2. The van der Waals surface area contributed by atoms with Crippen LogP contribution in [0.5, 0.6) is 0 Å². The molecule has 4 N–H and O–H groups in total. The number of nitrogens with zero attached hydrogens (tertiary/aromatic N) is 1. The van der Waals surface area contributed by atoms with Gasteiger partial charge in [-0.25, -0.2) is 0 Å². The van der Waals surface area contributed by atoms with Crippen LogP contribution in [-0.2, 0) is 9.59 Å². The highest BCUT2D eigenvalue weighted by Gasteiger charge is 2.31. The van der Waals surface area contributed by atoms with Gasteiger partial charge in [-0.15, -0.1) is 24.8 Å². The van der Waals surface area contributed by atoms with Crippen molar-refractivity contribution >= 4 is 42.3 Å². The van der Waals surface area contributed by atoms with Crippen molar-refractivity contribution in [2.45, 2.75) is 19.3 Å². The second-order valence-electron chi connectivity index (χ2n) is 5.04. The Balaban J connectivity index is 0.00000220. The number of hydrogen-bond acceptors (Lipinski definition) is 4. The van der Waals surface area contributed by atoms with E-state index in [0.29, 0.717) is 12.2 Å². The highest BCUT2D eigenvalue weighted by atomic mass is 35.5. The highest BCUT2D eigenvalue weighted by molar-refractivity contribution is 5.94. The fourth-order valence-electron chi connectivity index (χ4n) is 2.60. The second-order valence-corrected chi connectivity index (χ2v) is 5.04. The van der Waals surface area contributed by atoms with Crippen LogP contribution >= 0.6 is 24.8 Å². The molecule has 0 saturated heterocycles. The summed E-state index contributed by atoms with van der Waals surface area (Å²) in [6.45, 7) is 0.501. The molecule has 8 heteroatoms. The third kappa shape index (κ3) is 5.79. The maximum absolute atomic E-state index is 12.0. The lowest BCUT2D eigenvalue weighted by Gasteiger charge is -2.17. The molecular weight excluding hydrogens is 327 g/mol. The van der Waals surface area contributed by atoms with Crippen LogP contribution in [0.4, 0.5) is 5.69 Å². The summed E-state index contributed by atoms with van der Waals surface area (Å²) in [7, 11) is 0. The zero-order valence-electron chi connectivity index (χ0n) is 12.2. The number of pyridine rings is 1. The van der Waals surface area contributed by atoms with Gasteiger partial charge in [0.2, 0.25) is 11.8 Å². The Hall–Kier alpha value is -1.37. The van der Waals surface area contributed by atoms with Crippen LogP contribution in [-0.4, -0.2) is 29.9 Å². The number of halogens is 2. The van der Waals surface area contributed by atoms with E-state index in [1.807, 2.05) is 0 Å². The monoisotopic (exact) mass is 348 g/mol. The van der Waals surface area contributed by atoms with Crippen LogP contribution in [0.25, 0.3) is 0 Å². The fourth-order valence-corrected chi connectivity index (χ4v) is 2.60. The Kier molecular flexibility index (Phi) is 9.73. The fraction of sp³-hybridized carbons (Fsp3) is 0.500. The molecule has 0 radical (unpaired) electrons. The summed E-state index contributed by atoms with van der Waals surface area (Å²) in [5, 5.41) is 5.35. The van der Waals surface area contributed by atoms with E-state index in [1.54, 1.807) is 24.5 Å².